The molecule has 0 aromatic carbocycles. The van der Waals surface area contributed by atoms with Gasteiger partial charge in [0.25, 0.3) is 0 Å². The normalized spacial score (nSPS) is 16.1. The van der Waals surface area contributed by atoms with E-state index in [9.17, 15) is 0 Å². The fraction of sp³-hybridized carbons (Fsp3) is 0.733. The van der Waals surface area contributed by atoms with E-state index in [4.69, 9.17) is 10.8 Å². The lowest BCUT2D eigenvalue weighted by molar-refractivity contribution is 0.196. The highest BCUT2D eigenvalue weighted by Gasteiger charge is 2.38. The fourth-order valence-corrected chi connectivity index (χ4v) is 2.73. The van der Waals surface area contributed by atoms with Gasteiger partial charge in [-0.1, -0.05) is 33.8 Å². The zero-order valence-corrected chi connectivity index (χ0v) is 13.3. The topological polar surface area (TPSA) is 9.23 Å². The first kappa shape index (κ1) is 16.5. The smallest absolute Gasteiger partial charge is 0.192 e. The summed E-state index contributed by atoms with van der Waals surface area (Å²) in [6.07, 6.45) is 9.18. The molecule has 17 heavy (non-hydrogen) atoms. The van der Waals surface area contributed by atoms with E-state index in [0.29, 0.717) is 5.92 Å². The first-order chi connectivity index (χ1) is 7.64. The van der Waals surface area contributed by atoms with Gasteiger partial charge < -0.3 is 4.43 Å². The Kier molecular flexibility index (Phi) is 6.22. The van der Waals surface area contributed by atoms with Gasteiger partial charge in [0.05, 0.1) is 6.10 Å². The molecule has 0 saturated carbocycles. The van der Waals surface area contributed by atoms with Crippen LogP contribution in [0.5, 0.6) is 0 Å². The van der Waals surface area contributed by atoms with Gasteiger partial charge in [0.1, 0.15) is 0 Å². The molecule has 0 spiro atoms. The van der Waals surface area contributed by atoms with Crippen LogP contribution in [0.25, 0.3) is 0 Å². The molecule has 0 bridgehead atoms. The predicted molar refractivity (Wildman–Crippen MR) is 79.5 cm³/mol. The van der Waals surface area contributed by atoms with Gasteiger partial charge in [0, 0.05) is 6.42 Å². The highest BCUT2D eigenvalue weighted by molar-refractivity contribution is 6.74. The van der Waals surface area contributed by atoms with Crippen molar-refractivity contribution < 1.29 is 4.43 Å². The Bertz CT molecular complexity index is 280. The van der Waals surface area contributed by atoms with Crippen LogP contribution in [0.3, 0.4) is 0 Å². The maximum Gasteiger partial charge on any atom is 0.192 e. The maximum atomic E-state index is 6.32. The quantitative estimate of drug-likeness (QED) is 0.381. The third-order valence-corrected chi connectivity index (χ3v) is 8.12. The first-order valence-electron chi connectivity index (χ1n) is 6.38. The van der Waals surface area contributed by atoms with E-state index in [1.54, 1.807) is 0 Å². The van der Waals surface area contributed by atoms with E-state index >= 15 is 0 Å². The lowest BCUT2D eigenvalue weighted by Gasteiger charge is -2.39. The highest BCUT2D eigenvalue weighted by atomic mass is 28.4. The molecule has 0 aromatic heterocycles. The highest BCUT2D eigenvalue weighted by Crippen LogP contribution is 2.38. The summed E-state index contributed by atoms with van der Waals surface area (Å²) in [7, 11) is -1.70. The molecule has 0 aliphatic heterocycles. The van der Waals surface area contributed by atoms with Crippen LogP contribution in [0.2, 0.25) is 18.1 Å². The first-order valence-corrected chi connectivity index (χ1v) is 9.28. The van der Waals surface area contributed by atoms with E-state index in [1.807, 2.05) is 6.08 Å². The van der Waals surface area contributed by atoms with Crippen molar-refractivity contribution in [3.05, 3.63) is 12.7 Å². The molecular weight excluding hydrogens is 224 g/mol. The largest absolute Gasteiger partial charge is 0.411 e. The van der Waals surface area contributed by atoms with Gasteiger partial charge in [-0.05, 0) is 30.5 Å². The van der Waals surface area contributed by atoms with Crippen molar-refractivity contribution in [2.45, 2.75) is 64.8 Å². The molecule has 0 unspecified atom stereocenters. The van der Waals surface area contributed by atoms with Gasteiger partial charge in [-0.15, -0.1) is 18.9 Å². The molecular formula is C15H28OSi. The third-order valence-electron chi connectivity index (χ3n) is 3.62. The number of hydrogen-bond acceptors (Lipinski definition) is 1. The summed E-state index contributed by atoms with van der Waals surface area (Å²) < 4.78 is 6.32. The minimum absolute atomic E-state index is 0.138. The molecule has 0 saturated heterocycles. The van der Waals surface area contributed by atoms with Gasteiger partial charge in [0.15, 0.2) is 8.32 Å². The second-order valence-electron chi connectivity index (χ2n) is 6.40. The van der Waals surface area contributed by atoms with Gasteiger partial charge in [0.2, 0.25) is 0 Å². The third kappa shape index (κ3) is 5.56. The van der Waals surface area contributed by atoms with Crippen molar-refractivity contribution >= 4 is 8.32 Å². The molecule has 0 aromatic rings. The lowest BCUT2D eigenvalue weighted by atomic mass is 10.0. The van der Waals surface area contributed by atoms with Crippen LogP contribution in [0, 0.1) is 18.3 Å². The SMILES string of the molecule is C#CC[C@@H](C)C[C@@H](C=C)O[Si](C)(C)C(C)(C)C. The number of hydrogen-bond donors (Lipinski definition) is 0. The van der Waals surface area contributed by atoms with Crippen LogP contribution < -0.4 is 0 Å². The Hall–Kier alpha value is -0.523. The van der Waals surface area contributed by atoms with Gasteiger partial charge in [-0.25, -0.2) is 0 Å². The van der Waals surface area contributed by atoms with Crippen LogP contribution in [0.1, 0.15) is 40.5 Å². The summed E-state index contributed by atoms with van der Waals surface area (Å²) in [5.41, 5.74) is 0. The molecule has 0 N–H and O–H groups in total. The molecule has 0 heterocycles. The van der Waals surface area contributed by atoms with Crippen molar-refractivity contribution in [2.75, 3.05) is 0 Å². The van der Waals surface area contributed by atoms with Crippen LogP contribution in [0.4, 0.5) is 0 Å². The zero-order valence-electron chi connectivity index (χ0n) is 12.3. The van der Waals surface area contributed by atoms with Crippen LogP contribution in [0.15, 0.2) is 12.7 Å². The maximum absolute atomic E-state index is 6.32. The predicted octanol–water partition coefficient (Wildman–Crippen LogP) is 4.61. The van der Waals surface area contributed by atoms with Crippen molar-refractivity contribution in [2.24, 2.45) is 5.92 Å². The number of terminal acetylenes is 1. The van der Waals surface area contributed by atoms with Gasteiger partial charge >= 0.3 is 0 Å². The van der Waals surface area contributed by atoms with E-state index in [-0.39, 0.29) is 11.1 Å². The van der Waals surface area contributed by atoms with E-state index < -0.39 is 8.32 Å². The molecule has 0 radical (unpaired) electrons. The molecule has 0 rings (SSSR count). The van der Waals surface area contributed by atoms with Crippen LogP contribution in [-0.4, -0.2) is 14.4 Å². The van der Waals surface area contributed by atoms with Crippen LogP contribution >= 0.6 is 0 Å². The van der Waals surface area contributed by atoms with Crippen LogP contribution in [-0.2, 0) is 4.43 Å². The van der Waals surface area contributed by atoms with Crippen molar-refractivity contribution in [1.29, 1.82) is 0 Å². The summed E-state index contributed by atoms with van der Waals surface area (Å²) >= 11 is 0. The molecule has 2 atom stereocenters. The Morgan fingerprint density at radius 1 is 1.41 bits per heavy atom. The van der Waals surface area contributed by atoms with Crippen molar-refractivity contribution in [3.63, 3.8) is 0 Å². The standard InChI is InChI=1S/C15H28OSi/c1-9-11-13(3)12-14(10-2)16-17(7,8)15(4,5)6/h1,10,13-14H,2,11-12H2,3-8H3/t13-,14-/m1/s1. The van der Waals surface area contributed by atoms with Gasteiger partial charge in [-0.2, -0.15) is 0 Å². The zero-order chi connectivity index (χ0) is 13.7. The van der Waals surface area contributed by atoms with Gasteiger partial charge in [-0.3, -0.25) is 0 Å². The fourth-order valence-electron chi connectivity index (χ4n) is 1.43. The Labute approximate surface area is 109 Å². The summed E-state index contributed by atoms with van der Waals surface area (Å²) in [6, 6.07) is 0. The number of rotatable bonds is 6. The Morgan fingerprint density at radius 3 is 2.29 bits per heavy atom. The average molecular weight is 252 g/mol. The van der Waals surface area contributed by atoms with E-state index in [0.717, 1.165) is 12.8 Å². The second kappa shape index (κ2) is 6.42. The van der Waals surface area contributed by atoms with E-state index in [1.165, 1.54) is 0 Å². The summed E-state index contributed by atoms with van der Waals surface area (Å²) in [5.74, 6) is 3.20. The summed E-state index contributed by atoms with van der Waals surface area (Å²) in [4.78, 5) is 0. The minimum atomic E-state index is -1.70. The minimum Gasteiger partial charge on any atom is -0.411 e. The molecule has 98 valence electrons. The second-order valence-corrected chi connectivity index (χ2v) is 11.2. The molecule has 0 aliphatic carbocycles. The van der Waals surface area contributed by atoms with Crippen molar-refractivity contribution in [1.82, 2.24) is 0 Å². The van der Waals surface area contributed by atoms with E-state index in [2.05, 4.69) is 53.3 Å². The average Bonchev–Trinajstić information content (AvgIpc) is 2.14. The molecule has 1 nitrogen and oxygen atoms in total. The molecule has 2 heteroatoms. The monoisotopic (exact) mass is 252 g/mol. The molecule has 0 aliphatic rings. The Balaban J connectivity index is 4.52. The lowest BCUT2D eigenvalue weighted by Crippen LogP contribution is -2.43. The summed E-state index contributed by atoms with van der Waals surface area (Å²) in [5, 5.41) is 0.240. The Morgan fingerprint density at radius 2 is 1.94 bits per heavy atom. The summed E-state index contributed by atoms with van der Waals surface area (Å²) in [6.45, 7) is 17.4. The molecule has 0 fully saturated rings. The molecule has 0 amide bonds. The van der Waals surface area contributed by atoms with Crippen molar-refractivity contribution in [3.8, 4) is 12.3 Å².